The van der Waals surface area contributed by atoms with Crippen LogP contribution in [0.25, 0.3) is 27.5 Å². The fourth-order valence-electron chi connectivity index (χ4n) is 4.47. The van der Waals surface area contributed by atoms with Crippen molar-refractivity contribution in [2.75, 3.05) is 7.11 Å². The first-order valence-electron chi connectivity index (χ1n) is 11.7. The summed E-state index contributed by atoms with van der Waals surface area (Å²) in [6, 6.07) is 29.1. The number of ether oxygens (including phenoxy) is 1. The van der Waals surface area contributed by atoms with Gasteiger partial charge in [-0.3, -0.25) is 10.4 Å². The van der Waals surface area contributed by atoms with Gasteiger partial charge in [0.2, 0.25) is 0 Å². The number of hydrogen-bond acceptors (Lipinski definition) is 6. The Morgan fingerprint density at radius 3 is 2.64 bits per heavy atom. The molecule has 6 nitrogen and oxygen atoms in total. The van der Waals surface area contributed by atoms with Gasteiger partial charge >= 0.3 is 0 Å². The van der Waals surface area contributed by atoms with E-state index < -0.39 is 0 Å². The van der Waals surface area contributed by atoms with E-state index in [2.05, 4.69) is 85.4 Å². The third-order valence-corrected chi connectivity index (χ3v) is 7.13. The number of para-hydroxylation sites is 1. The Balaban J connectivity index is 1.19. The molecule has 36 heavy (non-hydrogen) atoms. The minimum absolute atomic E-state index is 0.0464. The van der Waals surface area contributed by atoms with E-state index in [1.54, 1.807) is 25.1 Å². The first kappa shape index (κ1) is 22.2. The molecule has 1 unspecified atom stereocenters. The zero-order valence-electron chi connectivity index (χ0n) is 19.8. The summed E-state index contributed by atoms with van der Waals surface area (Å²) in [7, 11) is 1.67. The molecule has 7 heteroatoms. The van der Waals surface area contributed by atoms with Gasteiger partial charge in [-0.05, 0) is 52.9 Å². The van der Waals surface area contributed by atoms with Crippen LogP contribution in [0.5, 0.6) is 5.75 Å². The first-order valence-corrected chi connectivity index (χ1v) is 12.7. The van der Waals surface area contributed by atoms with Crippen molar-refractivity contribution in [3.63, 3.8) is 0 Å². The van der Waals surface area contributed by atoms with E-state index >= 15 is 0 Å². The van der Waals surface area contributed by atoms with Gasteiger partial charge in [0, 0.05) is 22.8 Å². The first-order chi connectivity index (χ1) is 17.8. The number of thioether (sulfide) groups is 1. The molecule has 0 bridgehead atoms. The quantitative estimate of drug-likeness (QED) is 0.223. The van der Waals surface area contributed by atoms with Crippen LogP contribution in [0.1, 0.15) is 16.8 Å². The highest BCUT2D eigenvalue weighted by Gasteiger charge is 2.17. The lowest BCUT2D eigenvalue weighted by molar-refractivity contribution is 0.415. The second-order valence-corrected chi connectivity index (χ2v) is 9.50. The van der Waals surface area contributed by atoms with Crippen LogP contribution in [0, 0.1) is 0 Å². The minimum Gasteiger partial charge on any atom is -0.497 e. The molecule has 1 atom stereocenters. The Kier molecular flexibility index (Phi) is 6.05. The average molecular weight is 492 g/mol. The van der Waals surface area contributed by atoms with Crippen molar-refractivity contribution in [2.45, 2.75) is 12.0 Å². The molecule has 2 N–H and O–H groups in total. The van der Waals surface area contributed by atoms with Gasteiger partial charge in [0.05, 0.1) is 36.4 Å². The van der Waals surface area contributed by atoms with Gasteiger partial charge in [-0.2, -0.15) is 5.10 Å². The molecule has 6 rings (SSSR count). The molecule has 3 aromatic carbocycles. The number of pyridine rings is 1. The molecule has 1 aliphatic rings. The number of aromatic nitrogens is 2. The van der Waals surface area contributed by atoms with Gasteiger partial charge in [-0.25, -0.2) is 0 Å². The number of benzene rings is 3. The van der Waals surface area contributed by atoms with Crippen LogP contribution < -0.4 is 15.5 Å². The summed E-state index contributed by atoms with van der Waals surface area (Å²) in [5.41, 5.74) is 9.68. The summed E-state index contributed by atoms with van der Waals surface area (Å²) in [5.74, 6) is 0.844. The lowest BCUT2D eigenvalue weighted by atomic mass is 10.2. The predicted octanol–water partition coefficient (Wildman–Crippen LogP) is 5.79. The standard InChI is InChI=1S/C29H25N5OS/c1-35-23-13-11-21(12-14-23)26-19-36-29(32-26)33-31-16-22-15-25-24-9-5-6-10-27(24)34(28(25)17-30-22)18-20-7-3-2-4-8-20/h2-17,19,29,32-33H,18H2,1H3. The van der Waals surface area contributed by atoms with Crippen molar-refractivity contribution in [3.8, 4) is 5.75 Å². The topological polar surface area (TPSA) is 63.5 Å². The summed E-state index contributed by atoms with van der Waals surface area (Å²) in [6.45, 7) is 0.801. The monoisotopic (exact) mass is 491 g/mol. The molecule has 0 amide bonds. The van der Waals surface area contributed by atoms with Crippen molar-refractivity contribution in [3.05, 3.63) is 113 Å². The van der Waals surface area contributed by atoms with Crippen molar-refractivity contribution in [1.29, 1.82) is 0 Å². The highest BCUT2D eigenvalue weighted by Crippen LogP contribution is 2.30. The van der Waals surface area contributed by atoms with Crippen LogP contribution >= 0.6 is 11.8 Å². The van der Waals surface area contributed by atoms with E-state index in [9.17, 15) is 0 Å². The van der Waals surface area contributed by atoms with Gasteiger partial charge in [-0.1, -0.05) is 60.3 Å². The molecule has 0 saturated heterocycles. The lowest BCUT2D eigenvalue weighted by Gasteiger charge is -2.12. The Morgan fingerprint density at radius 2 is 1.81 bits per heavy atom. The average Bonchev–Trinajstić information content (AvgIpc) is 3.53. The zero-order chi connectivity index (χ0) is 24.3. The SMILES string of the molecule is COc1ccc(C2=CSC(NN=Cc3cc4c5ccccc5n(Cc5ccccc5)c4cn3)N2)cc1. The molecule has 0 aliphatic carbocycles. The minimum atomic E-state index is -0.0464. The summed E-state index contributed by atoms with van der Waals surface area (Å²) < 4.78 is 7.57. The maximum absolute atomic E-state index is 5.24. The zero-order valence-corrected chi connectivity index (χ0v) is 20.6. The van der Waals surface area contributed by atoms with E-state index in [0.717, 1.165) is 34.8 Å². The maximum Gasteiger partial charge on any atom is 0.165 e. The molecule has 0 spiro atoms. The summed E-state index contributed by atoms with van der Waals surface area (Å²) in [5, 5.41) is 12.4. The van der Waals surface area contributed by atoms with Crippen LogP contribution in [-0.4, -0.2) is 28.4 Å². The Labute approximate surface area is 213 Å². The van der Waals surface area contributed by atoms with Crippen LogP contribution in [0.3, 0.4) is 0 Å². The maximum atomic E-state index is 5.24. The van der Waals surface area contributed by atoms with E-state index in [0.29, 0.717) is 0 Å². The van der Waals surface area contributed by atoms with Crippen LogP contribution in [0.15, 0.2) is 102 Å². The number of rotatable bonds is 7. The van der Waals surface area contributed by atoms with Crippen molar-refractivity contribution >= 4 is 45.5 Å². The Bertz CT molecular complexity index is 1570. The van der Waals surface area contributed by atoms with Crippen LogP contribution in [0.2, 0.25) is 0 Å². The molecule has 0 saturated carbocycles. The summed E-state index contributed by atoms with van der Waals surface area (Å²) >= 11 is 1.65. The molecule has 5 aromatic rings. The fraction of sp³-hybridized carbons (Fsp3) is 0.103. The van der Waals surface area contributed by atoms with Gasteiger partial charge < -0.3 is 14.6 Å². The van der Waals surface area contributed by atoms with Crippen molar-refractivity contribution < 1.29 is 4.74 Å². The number of nitrogens with one attached hydrogen (secondary N) is 2. The number of nitrogens with zero attached hydrogens (tertiary/aromatic N) is 3. The number of fused-ring (bicyclic) bond motifs is 3. The highest BCUT2D eigenvalue weighted by molar-refractivity contribution is 8.03. The molecular weight excluding hydrogens is 466 g/mol. The predicted molar refractivity (Wildman–Crippen MR) is 149 cm³/mol. The number of hydrazone groups is 1. The molecule has 3 heterocycles. The van der Waals surface area contributed by atoms with E-state index in [1.807, 2.05) is 36.5 Å². The van der Waals surface area contributed by atoms with Gasteiger partial charge in [0.15, 0.2) is 5.50 Å². The molecule has 2 aromatic heterocycles. The molecular formula is C29H25N5OS. The number of methoxy groups -OCH3 is 1. The normalized spacial score (nSPS) is 15.4. The van der Waals surface area contributed by atoms with E-state index in [-0.39, 0.29) is 5.50 Å². The van der Waals surface area contributed by atoms with Crippen molar-refractivity contribution in [1.82, 2.24) is 20.3 Å². The molecule has 0 fully saturated rings. The largest absolute Gasteiger partial charge is 0.497 e. The second-order valence-electron chi connectivity index (χ2n) is 8.52. The van der Waals surface area contributed by atoms with Gasteiger partial charge in [0.1, 0.15) is 5.75 Å². The smallest absolute Gasteiger partial charge is 0.165 e. The van der Waals surface area contributed by atoms with Gasteiger partial charge in [-0.15, -0.1) is 0 Å². The molecule has 178 valence electrons. The highest BCUT2D eigenvalue weighted by atomic mass is 32.2. The lowest BCUT2D eigenvalue weighted by Crippen LogP contribution is -2.31. The van der Waals surface area contributed by atoms with E-state index in [4.69, 9.17) is 4.74 Å². The van der Waals surface area contributed by atoms with Crippen molar-refractivity contribution in [2.24, 2.45) is 5.10 Å². The fourth-order valence-corrected chi connectivity index (χ4v) is 5.26. The van der Waals surface area contributed by atoms with Gasteiger partial charge in [0.25, 0.3) is 0 Å². The Hall–Kier alpha value is -4.23. The van der Waals surface area contributed by atoms with Crippen LogP contribution in [-0.2, 0) is 6.54 Å². The van der Waals surface area contributed by atoms with E-state index in [1.165, 1.54) is 21.9 Å². The third kappa shape index (κ3) is 4.41. The second kappa shape index (κ2) is 9.79. The molecule has 0 radical (unpaired) electrons. The number of hydrogen-bond donors (Lipinski definition) is 2. The molecule has 1 aliphatic heterocycles. The summed E-state index contributed by atoms with van der Waals surface area (Å²) in [6.07, 6.45) is 3.72. The Morgan fingerprint density at radius 1 is 1.00 bits per heavy atom. The third-order valence-electron chi connectivity index (χ3n) is 6.26. The van der Waals surface area contributed by atoms with Crippen LogP contribution in [0.4, 0.5) is 0 Å². The summed E-state index contributed by atoms with van der Waals surface area (Å²) in [4.78, 5) is 4.69.